The fourth-order valence-electron chi connectivity index (χ4n) is 2.16. The number of nitrogens with one attached hydrogen (secondary N) is 1. The summed E-state index contributed by atoms with van der Waals surface area (Å²) in [7, 11) is 0. The smallest absolute Gasteiger partial charge is 0.405 e. The lowest BCUT2D eigenvalue weighted by Gasteiger charge is -2.41. The van der Waals surface area contributed by atoms with Gasteiger partial charge >= 0.3 is 6.09 Å². The molecule has 0 aromatic heterocycles. The molecule has 6 nitrogen and oxygen atoms in total. The third-order valence-corrected chi connectivity index (χ3v) is 2.58. The SMILES string of the molecule is O=C(O)NC12COC(/C=N/O)(C1)C2. The Bertz CT molecular complexity index is 270. The van der Waals surface area contributed by atoms with Gasteiger partial charge in [-0.1, -0.05) is 5.16 Å². The van der Waals surface area contributed by atoms with Gasteiger partial charge in [-0.05, 0) is 0 Å². The highest BCUT2D eigenvalue weighted by molar-refractivity contribution is 5.74. The molecule has 6 heteroatoms. The Morgan fingerprint density at radius 3 is 2.85 bits per heavy atom. The molecular formula is C7H10N2O4. The molecule has 1 aliphatic carbocycles. The molecule has 0 spiro atoms. The van der Waals surface area contributed by atoms with E-state index in [0.717, 1.165) is 0 Å². The van der Waals surface area contributed by atoms with Crippen molar-refractivity contribution >= 4 is 12.3 Å². The van der Waals surface area contributed by atoms with Crippen LogP contribution in [0.25, 0.3) is 0 Å². The van der Waals surface area contributed by atoms with Crippen LogP contribution < -0.4 is 5.32 Å². The van der Waals surface area contributed by atoms with Crippen molar-refractivity contribution in [3.63, 3.8) is 0 Å². The molecule has 3 aliphatic rings. The highest BCUT2D eigenvalue weighted by Crippen LogP contribution is 2.50. The van der Waals surface area contributed by atoms with E-state index in [1.165, 1.54) is 6.21 Å². The molecular weight excluding hydrogens is 176 g/mol. The molecule has 2 bridgehead atoms. The van der Waals surface area contributed by atoms with Gasteiger partial charge in [0.05, 0.1) is 18.4 Å². The minimum absolute atomic E-state index is 0.353. The van der Waals surface area contributed by atoms with Crippen molar-refractivity contribution in [2.24, 2.45) is 5.16 Å². The molecule has 13 heavy (non-hydrogen) atoms. The quantitative estimate of drug-likeness (QED) is 0.322. The van der Waals surface area contributed by atoms with Gasteiger partial charge in [-0.3, -0.25) is 0 Å². The molecule has 3 rings (SSSR count). The lowest BCUT2D eigenvalue weighted by molar-refractivity contribution is 0.0625. The average Bonchev–Trinajstić information content (AvgIpc) is 2.41. The number of oxime groups is 1. The van der Waals surface area contributed by atoms with Gasteiger partial charge in [-0.25, -0.2) is 4.79 Å². The number of carboxylic acid groups (broad SMARTS) is 1. The van der Waals surface area contributed by atoms with Crippen molar-refractivity contribution in [1.29, 1.82) is 0 Å². The van der Waals surface area contributed by atoms with Crippen LogP contribution in [0.15, 0.2) is 5.16 Å². The maximum atomic E-state index is 10.4. The minimum atomic E-state index is -1.04. The van der Waals surface area contributed by atoms with E-state index in [9.17, 15) is 4.79 Å². The van der Waals surface area contributed by atoms with Crippen LogP contribution in [0.5, 0.6) is 0 Å². The number of amides is 1. The first kappa shape index (κ1) is 8.31. The predicted octanol–water partition coefficient (Wildman–Crippen LogP) is 0.0156. The summed E-state index contributed by atoms with van der Waals surface area (Å²) in [5.74, 6) is 0. The molecule has 72 valence electrons. The number of hydrogen-bond acceptors (Lipinski definition) is 4. The summed E-state index contributed by atoms with van der Waals surface area (Å²) < 4.78 is 5.32. The van der Waals surface area contributed by atoms with E-state index in [1.807, 2.05) is 0 Å². The number of fused-ring (bicyclic) bond motifs is 1. The molecule has 2 heterocycles. The number of hydrogen-bond donors (Lipinski definition) is 3. The number of ether oxygens (including phenoxy) is 1. The van der Waals surface area contributed by atoms with Crippen molar-refractivity contribution in [3.05, 3.63) is 0 Å². The monoisotopic (exact) mass is 186 g/mol. The second kappa shape index (κ2) is 2.35. The second-order valence-corrected chi connectivity index (χ2v) is 3.66. The van der Waals surface area contributed by atoms with E-state index in [-0.39, 0.29) is 0 Å². The van der Waals surface area contributed by atoms with Crippen molar-refractivity contribution in [1.82, 2.24) is 5.32 Å². The van der Waals surface area contributed by atoms with E-state index in [1.54, 1.807) is 0 Å². The van der Waals surface area contributed by atoms with Crippen LogP contribution >= 0.6 is 0 Å². The fraction of sp³-hybridized carbons (Fsp3) is 0.714. The zero-order valence-corrected chi connectivity index (χ0v) is 6.86. The number of carbonyl (C=O) groups is 1. The highest BCUT2D eigenvalue weighted by Gasteiger charge is 2.63. The predicted molar refractivity (Wildman–Crippen MR) is 42.1 cm³/mol. The van der Waals surface area contributed by atoms with Crippen LogP contribution in [0.2, 0.25) is 0 Å². The Morgan fingerprint density at radius 1 is 1.62 bits per heavy atom. The van der Waals surface area contributed by atoms with Gasteiger partial charge in [0.2, 0.25) is 0 Å². The normalized spacial score (nSPS) is 41.8. The van der Waals surface area contributed by atoms with Crippen LogP contribution in [0.1, 0.15) is 12.8 Å². The van der Waals surface area contributed by atoms with Gasteiger partial charge < -0.3 is 20.4 Å². The summed E-state index contributed by atoms with van der Waals surface area (Å²) in [4.78, 5) is 10.4. The van der Waals surface area contributed by atoms with E-state index in [4.69, 9.17) is 15.1 Å². The summed E-state index contributed by atoms with van der Waals surface area (Å²) in [6.07, 6.45) is 1.38. The lowest BCUT2D eigenvalue weighted by Crippen LogP contribution is -2.60. The summed E-state index contributed by atoms with van der Waals surface area (Å²) in [5, 5.41) is 22.2. The van der Waals surface area contributed by atoms with Crippen molar-refractivity contribution in [3.8, 4) is 0 Å². The van der Waals surface area contributed by atoms with Crippen molar-refractivity contribution in [2.45, 2.75) is 24.0 Å². The lowest BCUT2D eigenvalue weighted by atomic mass is 9.69. The molecule has 0 radical (unpaired) electrons. The highest BCUT2D eigenvalue weighted by atomic mass is 16.5. The van der Waals surface area contributed by atoms with Gasteiger partial charge in [0.1, 0.15) is 5.60 Å². The van der Waals surface area contributed by atoms with E-state index >= 15 is 0 Å². The summed E-state index contributed by atoms with van der Waals surface area (Å²) in [5.41, 5.74) is -0.982. The van der Waals surface area contributed by atoms with E-state index in [2.05, 4.69) is 10.5 Å². The van der Waals surface area contributed by atoms with Crippen LogP contribution in [0, 0.1) is 0 Å². The molecule has 0 unspecified atom stereocenters. The van der Waals surface area contributed by atoms with Gasteiger partial charge in [0, 0.05) is 12.8 Å². The number of rotatable bonds is 2. The Labute approximate surface area is 74.2 Å². The molecule has 3 fully saturated rings. The summed E-state index contributed by atoms with van der Waals surface area (Å²) >= 11 is 0. The molecule has 3 N–H and O–H groups in total. The maximum absolute atomic E-state index is 10.4. The van der Waals surface area contributed by atoms with Gasteiger partial charge in [0.15, 0.2) is 0 Å². The molecule has 2 aliphatic heterocycles. The Balaban J connectivity index is 2.02. The van der Waals surface area contributed by atoms with Crippen LogP contribution in [-0.2, 0) is 4.74 Å². The molecule has 0 atom stereocenters. The van der Waals surface area contributed by atoms with Gasteiger partial charge in [-0.15, -0.1) is 0 Å². The van der Waals surface area contributed by atoms with Crippen molar-refractivity contribution in [2.75, 3.05) is 6.61 Å². The zero-order valence-electron chi connectivity index (χ0n) is 6.86. The topological polar surface area (TPSA) is 91.2 Å². The zero-order chi connectivity index (χ0) is 9.53. The maximum Gasteiger partial charge on any atom is 0.405 e. The summed E-state index contributed by atoms with van der Waals surface area (Å²) in [6, 6.07) is 0. The van der Waals surface area contributed by atoms with Gasteiger partial charge in [-0.2, -0.15) is 0 Å². The third-order valence-electron chi connectivity index (χ3n) is 2.58. The average molecular weight is 186 g/mol. The van der Waals surface area contributed by atoms with Gasteiger partial charge in [0.25, 0.3) is 0 Å². The first-order valence-electron chi connectivity index (χ1n) is 3.94. The first-order valence-corrected chi connectivity index (χ1v) is 3.94. The fourth-order valence-corrected chi connectivity index (χ4v) is 2.16. The Hall–Kier alpha value is -1.30. The Morgan fingerprint density at radius 2 is 2.31 bits per heavy atom. The number of nitrogens with zero attached hydrogens (tertiary/aromatic N) is 1. The van der Waals surface area contributed by atoms with E-state index < -0.39 is 17.2 Å². The van der Waals surface area contributed by atoms with E-state index in [0.29, 0.717) is 19.4 Å². The minimum Gasteiger partial charge on any atom is -0.465 e. The van der Waals surface area contributed by atoms with Crippen LogP contribution in [-0.4, -0.2) is 40.4 Å². The molecule has 1 saturated carbocycles. The molecule has 0 aromatic rings. The molecule has 0 aromatic carbocycles. The summed E-state index contributed by atoms with van der Waals surface area (Å²) in [6.45, 7) is 0.353. The second-order valence-electron chi connectivity index (χ2n) is 3.66. The van der Waals surface area contributed by atoms with Crippen LogP contribution in [0.4, 0.5) is 4.79 Å². The molecule has 2 saturated heterocycles. The third kappa shape index (κ3) is 1.14. The Kier molecular flexibility index (Phi) is 1.50. The first-order chi connectivity index (χ1) is 6.10. The van der Waals surface area contributed by atoms with Crippen LogP contribution in [0.3, 0.4) is 0 Å². The van der Waals surface area contributed by atoms with Crippen molar-refractivity contribution < 1.29 is 19.8 Å². The molecule has 1 amide bonds. The standard InChI is InChI=1S/C7H10N2O4/c10-5(11)9-6-1-7(2-6,3-8-12)13-4-6/h3,9,12H,1-2,4H2,(H,10,11)/b8-3+. The largest absolute Gasteiger partial charge is 0.465 e.